The van der Waals surface area contributed by atoms with E-state index in [1.165, 1.54) is 12.8 Å². The number of carbonyl (C=O) groups is 2. The summed E-state index contributed by atoms with van der Waals surface area (Å²) in [5, 5.41) is 8.55. The van der Waals surface area contributed by atoms with E-state index in [2.05, 4.69) is 0 Å². The molecule has 1 rings (SSSR count). The number of hydrogen-bond acceptors (Lipinski definition) is 3. The number of likely N-dealkylation sites (N-methyl/N-ethyl adjacent to an activating group) is 1. The standard InChI is InChI=1S/C13H24N2O3/c1-14(8-6-7-13(17)18)11-12(16)15-9-4-2-3-5-10-15/h2-11H2,1H3,(H,17,18). The van der Waals surface area contributed by atoms with E-state index in [-0.39, 0.29) is 12.3 Å². The second-order valence-corrected chi connectivity index (χ2v) is 5.03. The Morgan fingerprint density at radius 1 is 1.17 bits per heavy atom. The van der Waals surface area contributed by atoms with Gasteiger partial charge in [0, 0.05) is 19.5 Å². The molecule has 1 heterocycles. The van der Waals surface area contributed by atoms with Crippen LogP contribution in [-0.2, 0) is 9.59 Å². The summed E-state index contributed by atoms with van der Waals surface area (Å²) in [6.07, 6.45) is 5.42. The molecule has 0 aliphatic carbocycles. The van der Waals surface area contributed by atoms with Crippen LogP contribution in [-0.4, -0.2) is 60.0 Å². The Labute approximate surface area is 109 Å². The van der Waals surface area contributed by atoms with Gasteiger partial charge >= 0.3 is 5.97 Å². The van der Waals surface area contributed by atoms with Crippen molar-refractivity contribution in [3.8, 4) is 0 Å². The molecular formula is C13H24N2O3. The third kappa shape index (κ3) is 6.00. The lowest BCUT2D eigenvalue weighted by Gasteiger charge is -2.23. The molecule has 1 saturated heterocycles. The van der Waals surface area contributed by atoms with Crippen LogP contribution in [0.25, 0.3) is 0 Å². The van der Waals surface area contributed by atoms with Gasteiger partial charge in [0.2, 0.25) is 5.91 Å². The third-order valence-electron chi connectivity index (χ3n) is 3.29. The van der Waals surface area contributed by atoms with Crippen LogP contribution < -0.4 is 0 Å². The summed E-state index contributed by atoms with van der Waals surface area (Å²) in [6.45, 7) is 2.81. The smallest absolute Gasteiger partial charge is 0.303 e. The van der Waals surface area contributed by atoms with Crippen LogP contribution >= 0.6 is 0 Å². The van der Waals surface area contributed by atoms with E-state index in [0.717, 1.165) is 25.9 Å². The van der Waals surface area contributed by atoms with Crippen LogP contribution in [0.1, 0.15) is 38.5 Å². The summed E-state index contributed by atoms with van der Waals surface area (Å²) in [5.74, 6) is -0.600. The van der Waals surface area contributed by atoms with E-state index in [1.807, 2.05) is 16.8 Å². The Bertz CT molecular complexity index is 273. The summed E-state index contributed by atoms with van der Waals surface area (Å²) >= 11 is 0. The highest BCUT2D eigenvalue weighted by Crippen LogP contribution is 2.10. The van der Waals surface area contributed by atoms with Crippen LogP contribution in [0.3, 0.4) is 0 Å². The van der Waals surface area contributed by atoms with Gasteiger partial charge in [0.05, 0.1) is 6.54 Å². The third-order valence-corrected chi connectivity index (χ3v) is 3.29. The Morgan fingerprint density at radius 2 is 1.78 bits per heavy atom. The molecule has 104 valence electrons. The Hall–Kier alpha value is -1.10. The van der Waals surface area contributed by atoms with Gasteiger partial charge in [-0.15, -0.1) is 0 Å². The molecule has 18 heavy (non-hydrogen) atoms. The predicted octanol–water partition coefficient (Wildman–Crippen LogP) is 1.19. The van der Waals surface area contributed by atoms with E-state index in [4.69, 9.17) is 5.11 Å². The fourth-order valence-electron chi connectivity index (χ4n) is 2.23. The van der Waals surface area contributed by atoms with E-state index < -0.39 is 5.97 Å². The van der Waals surface area contributed by atoms with E-state index in [9.17, 15) is 9.59 Å². The van der Waals surface area contributed by atoms with Crippen molar-refractivity contribution in [1.29, 1.82) is 0 Å². The molecule has 0 aromatic heterocycles. The largest absolute Gasteiger partial charge is 0.481 e. The summed E-state index contributed by atoms with van der Waals surface area (Å²) in [4.78, 5) is 26.3. The first-order valence-corrected chi connectivity index (χ1v) is 6.77. The fraction of sp³-hybridized carbons (Fsp3) is 0.846. The summed E-state index contributed by atoms with van der Waals surface area (Å²) in [6, 6.07) is 0. The lowest BCUT2D eigenvalue weighted by Crippen LogP contribution is -2.39. The first kappa shape index (κ1) is 15.0. The van der Waals surface area contributed by atoms with Gasteiger partial charge in [0.15, 0.2) is 0 Å². The molecule has 1 amide bonds. The Morgan fingerprint density at radius 3 is 2.33 bits per heavy atom. The topological polar surface area (TPSA) is 60.9 Å². The second-order valence-electron chi connectivity index (χ2n) is 5.03. The van der Waals surface area contributed by atoms with Crippen molar-refractivity contribution in [2.45, 2.75) is 38.5 Å². The van der Waals surface area contributed by atoms with E-state index in [0.29, 0.717) is 19.5 Å². The average Bonchev–Trinajstić information content (AvgIpc) is 2.56. The summed E-state index contributed by atoms with van der Waals surface area (Å²) < 4.78 is 0. The lowest BCUT2D eigenvalue weighted by atomic mass is 10.2. The molecule has 0 aromatic rings. The molecule has 0 saturated carbocycles. The maximum atomic E-state index is 12.0. The molecule has 1 fully saturated rings. The molecule has 0 radical (unpaired) electrons. The molecule has 0 bridgehead atoms. The van der Waals surface area contributed by atoms with Gasteiger partial charge in [-0.25, -0.2) is 0 Å². The molecule has 1 aliphatic rings. The second kappa shape index (κ2) is 8.08. The maximum Gasteiger partial charge on any atom is 0.303 e. The van der Waals surface area contributed by atoms with E-state index in [1.54, 1.807) is 0 Å². The lowest BCUT2D eigenvalue weighted by molar-refractivity contribution is -0.137. The summed E-state index contributed by atoms with van der Waals surface area (Å²) in [7, 11) is 1.87. The molecule has 1 aliphatic heterocycles. The monoisotopic (exact) mass is 256 g/mol. The SMILES string of the molecule is CN(CCCC(=O)O)CC(=O)N1CCCCCC1. The molecule has 5 nitrogen and oxygen atoms in total. The molecule has 0 unspecified atom stereocenters. The van der Waals surface area contributed by atoms with Crippen molar-refractivity contribution in [1.82, 2.24) is 9.80 Å². The number of likely N-dealkylation sites (tertiary alicyclic amines) is 1. The van der Waals surface area contributed by atoms with Crippen molar-refractivity contribution in [3.05, 3.63) is 0 Å². The van der Waals surface area contributed by atoms with Gasteiger partial charge < -0.3 is 10.0 Å². The van der Waals surface area contributed by atoms with Crippen molar-refractivity contribution in [3.63, 3.8) is 0 Å². The van der Waals surface area contributed by atoms with Crippen molar-refractivity contribution in [2.75, 3.05) is 33.2 Å². The minimum absolute atomic E-state index is 0.169. The van der Waals surface area contributed by atoms with Gasteiger partial charge in [-0.3, -0.25) is 14.5 Å². The van der Waals surface area contributed by atoms with Gasteiger partial charge in [-0.05, 0) is 32.9 Å². The van der Waals surface area contributed by atoms with Gasteiger partial charge in [-0.2, -0.15) is 0 Å². The molecular weight excluding hydrogens is 232 g/mol. The minimum atomic E-state index is -0.776. The molecule has 0 atom stereocenters. The number of rotatable bonds is 6. The number of carboxylic acid groups (broad SMARTS) is 1. The number of nitrogens with zero attached hydrogens (tertiary/aromatic N) is 2. The van der Waals surface area contributed by atoms with E-state index >= 15 is 0 Å². The Balaban J connectivity index is 2.22. The zero-order valence-corrected chi connectivity index (χ0v) is 11.2. The summed E-state index contributed by atoms with van der Waals surface area (Å²) in [5.41, 5.74) is 0. The maximum absolute atomic E-state index is 12.0. The number of aliphatic carboxylic acids is 1. The first-order chi connectivity index (χ1) is 8.59. The number of carboxylic acids is 1. The van der Waals surface area contributed by atoms with Crippen molar-refractivity contribution in [2.24, 2.45) is 0 Å². The number of carbonyl (C=O) groups excluding carboxylic acids is 1. The number of amides is 1. The van der Waals surface area contributed by atoms with Gasteiger partial charge in [0.25, 0.3) is 0 Å². The van der Waals surface area contributed by atoms with Crippen molar-refractivity contribution < 1.29 is 14.7 Å². The zero-order chi connectivity index (χ0) is 13.4. The van der Waals surface area contributed by atoms with Crippen LogP contribution in [0, 0.1) is 0 Å². The van der Waals surface area contributed by atoms with Crippen LogP contribution in [0.5, 0.6) is 0 Å². The minimum Gasteiger partial charge on any atom is -0.481 e. The molecule has 5 heteroatoms. The van der Waals surface area contributed by atoms with Crippen LogP contribution in [0.4, 0.5) is 0 Å². The quantitative estimate of drug-likeness (QED) is 0.775. The predicted molar refractivity (Wildman–Crippen MR) is 69.4 cm³/mol. The highest BCUT2D eigenvalue weighted by Gasteiger charge is 2.16. The van der Waals surface area contributed by atoms with Crippen molar-refractivity contribution >= 4 is 11.9 Å². The highest BCUT2D eigenvalue weighted by atomic mass is 16.4. The van der Waals surface area contributed by atoms with Gasteiger partial charge in [-0.1, -0.05) is 12.8 Å². The molecule has 1 N–H and O–H groups in total. The normalized spacial score (nSPS) is 16.7. The first-order valence-electron chi connectivity index (χ1n) is 6.77. The number of hydrogen-bond donors (Lipinski definition) is 1. The molecule has 0 aromatic carbocycles. The van der Waals surface area contributed by atoms with Crippen LogP contribution in [0.2, 0.25) is 0 Å². The molecule has 0 spiro atoms. The highest BCUT2D eigenvalue weighted by molar-refractivity contribution is 5.78. The zero-order valence-electron chi connectivity index (χ0n) is 11.2. The fourth-order valence-corrected chi connectivity index (χ4v) is 2.23. The average molecular weight is 256 g/mol. The van der Waals surface area contributed by atoms with Crippen LogP contribution in [0.15, 0.2) is 0 Å². The Kier molecular flexibility index (Phi) is 6.72. The van der Waals surface area contributed by atoms with Gasteiger partial charge in [0.1, 0.15) is 0 Å².